The van der Waals surface area contributed by atoms with E-state index in [1.807, 2.05) is 95.6 Å². The van der Waals surface area contributed by atoms with Crippen LogP contribution in [0.4, 0.5) is 5.82 Å². The Kier molecular flexibility index (Phi) is 6.99. The minimum absolute atomic E-state index is 0.283. The van der Waals surface area contributed by atoms with Crippen molar-refractivity contribution in [3.05, 3.63) is 120 Å². The molecule has 0 aliphatic carbocycles. The number of nitrogens with one attached hydrogen (secondary N) is 1. The fraction of sp³-hybridized carbons (Fsp3) is 0.290. The van der Waals surface area contributed by atoms with Gasteiger partial charge in [0, 0.05) is 0 Å². The van der Waals surface area contributed by atoms with Crippen molar-refractivity contribution in [2.45, 2.75) is 44.0 Å². The van der Waals surface area contributed by atoms with E-state index in [-0.39, 0.29) is 13.3 Å². The van der Waals surface area contributed by atoms with Crippen LogP contribution in [-0.2, 0) is 38.8 Å². The van der Waals surface area contributed by atoms with E-state index in [4.69, 9.17) is 29.0 Å². The first-order chi connectivity index (χ1) is 20.2. The average molecular weight is 554 g/mol. The number of aliphatic hydroxyl groups excluding tert-OH is 1. The molecule has 3 aliphatic heterocycles. The number of hydrogen-bond acceptors (Lipinski definition) is 8. The minimum Gasteiger partial charge on any atom is -0.391 e. The molecule has 1 aromatic heterocycles. The lowest BCUT2D eigenvalue weighted by atomic mass is 10.1. The van der Waals surface area contributed by atoms with Crippen LogP contribution >= 0.6 is 0 Å². The summed E-state index contributed by atoms with van der Waals surface area (Å²) in [6.07, 6.45) is -0.384. The molecule has 0 unspecified atom stereocenters. The zero-order valence-electron chi connectivity index (χ0n) is 22.4. The predicted octanol–water partition coefficient (Wildman–Crippen LogP) is 3.85. The maximum absolute atomic E-state index is 10.9. The number of rotatable bonds is 9. The number of benzene rings is 3. The van der Waals surface area contributed by atoms with Gasteiger partial charge in [-0.3, -0.25) is 9.56 Å². The summed E-state index contributed by atoms with van der Waals surface area (Å²) in [5.74, 6) is -0.272. The largest absolute Gasteiger partial charge is 0.391 e. The third kappa shape index (κ3) is 4.90. The van der Waals surface area contributed by atoms with Crippen molar-refractivity contribution in [1.82, 2.24) is 14.6 Å². The molecular formula is C31H31N5O5. The Bertz CT molecular complexity index is 1500. The van der Waals surface area contributed by atoms with Gasteiger partial charge in [0.2, 0.25) is 5.79 Å². The summed E-state index contributed by atoms with van der Waals surface area (Å²) in [4.78, 5) is 16.1. The fourth-order valence-corrected chi connectivity index (χ4v) is 5.50. The van der Waals surface area contributed by atoms with Gasteiger partial charge in [0.25, 0.3) is 0 Å². The average Bonchev–Trinajstić information content (AvgIpc) is 3.61. The lowest BCUT2D eigenvalue weighted by molar-refractivity contribution is -0.354. The smallest absolute Gasteiger partial charge is 0.248 e. The number of amidine groups is 1. The number of fused-ring (bicyclic) bond motifs is 5. The molecule has 0 saturated carbocycles. The van der Waals surface area contributed by atoms with Crippen molar-refractivity contribution in [2.24, 2.45) is 4.99 Å². The highest BCUT2D eigenvalue weighted by Gasteiger charge is 2.62. The lowest BCUT2D eigenvalue weighted by Crippen LogP contribution is -2.56. The summed E-state index contributed by atoms with van der Waals surface area (Å²) in [7, 11) is 0. The molecule has 10 nitrogen and oxygen atoms in total. The van der Waals surface area contributed by atoms with E-state index >= 15 is 0 Å². The first-order valence-electron chi connectivity index (χ1n) is 13.7. The van der Waals surface area contributed by atoms with Crippen molar-refractivity contribution in [2.75, 3.05) is 18.6 Å². The van der Waals surface area contributed by atoms with Gasteiger partial charge in [-0.15, -0.1) is 0 Å². The zero-order valence-corrected chi connectivity index (χ0v) is 22.4. The number of nitrogens with zero attached hydrogens (tertiary/aromatic N) is 4. The second-order valence-electron chi connectivity index (χ2n) is 10.2. The fourth-order valence-electron chi connectivity index (χ4n) is 5.50. The third-order valence-corrected chi connectivity index (χ3v) is 7.54. The Morgan fingerprint density at radius 3 is 2.20 bits per heavy atom. The summed E-state index contributed by atoms with van der Waals surface area (Å²) in [6, 6.07) is 29.8. The molecule has 7 rings (SSSR count). The number of aliphatic imine (C=N–C) groups is 1. The van der Waals surface area contributed by atoms with E-state index in [0.717, 1.165) is 22.5 Å². The Hall–Kier alpha value is -4.06. The number of hydroxylamine groups is 2. The van der Waals surface area contributed by atoms with E-state index < -0.39 is 30.8 Å². The number of ether oxygens (including phenoxy) is 3. The molecule has 210 valence electrons. The number of imidazole rings is 1. The van der Waals surface area contributed by atoms with E-state index in [2.05, 4.69) is 5.32 Å². The Morgan fingerprint density at radius 2 is 1.54 bits per heavy atom. The Labute approximate surface area is 237 Å². The molecular weight excluding hydrogens is 522 g/mol. The molecule has 4 bridgehead atoms. The molecule has 4 aromatic rings. The highest BCUT2D eigenvalue weighted by Crippen LogP contribution is 2.46. The number of hydrogen-bond donors (Lipinski definition) is 2. The molecule has 0 radical (unpaired) electrons. The van der Waals surface area contributed by atoms with Crippen molar-refractivity contribution < 1.29 is 24.2 Å². The van der Waals surface area contributed by atoms with E-state index in [1.165, 1.54) is 0 Å². The van der Waals surface area contributed by atoms with Crippen LogP contribution in [0.1, 0.15) is 28.6 Å². The van der Waals surface area contributed by atoms with Crippen LogP contribution in [0.2, 0.25) is 0 Å². The van der Waals surface area contributed by atoms with Gasteiger partial charge in [0.05, 0.1) is 26.1 Å². The van der Waals surface area contributed by atoms with Crippen LogP contribution in [0.25, 0.3) is 0 Å². The van der Waals surface area contributed by atoms with Crippen molar-refractivity contribution >= 4 is 11.7 Å². The molecule has 3 aromatic carbocycles. The van der Waals surface area contributed by atoms with Crippen LogP contribution < -0.4 is 5.32 Å². The van der Waals surface area contributed by atoms with Crippen LogP contribution in [0.3, 0.4) is 0 Å². The zero-order chi connectivity index (χ0) is 27.6. The van der Waals surface area contributed by atoms with Gasteiger partial charge in [-0.25, -0.2) is 14.9 Å². The molecule has 1 fully saturated rings. The van der Waals surface area contributed by atoms with Gasteiger partial charge < -0.3 is 24.6 Å². The molecule has 4 heterocycles. The van der Waals surface area contributed by atoms with Gasteiger partial charge in [-0.1, -0.05) is 91.0 Å². The topological polar surface area (TPSA) is 103 Å². The highest BCUT2D eigenvalue weighted by atomic mass is 16.8. The third-order valence-electron chi connectivity index (χ3n) is 7.54. The van der Waals surface area contributed by atoms with Gasteiger partial charge in [0.1, 0.15) is 37.0 Å². The Morgan fingerprint density at radius 1 is 0.902 bits per heavy atom. The van der Waals surface area contributed by atoms with Crippen LogP contribution in [0.15, 0.2) is 102 Å². The first-order valence-corrected chi connectivity index (χ1v) is 13.7. The maximum Gasteiger partial charge on any atom is 0.248 e. The van der Waals surface area contributed by atoms with Gasteiger partial charge in [-0.05, 0) is 16.7 Å². The van der Waals surface area contributed by atoms with E-state index in [9.17, 15) is 5.11 Å². The van der Waals surface area contributed by atoms with Crippen molar-refractivity contribution in [3.8, 4) is 0 Å². The molecule has 10 heteroatoms. The summed E-state index contributed by atoms with van der Waals surface area (Å²) < 4.78 is 21.5. The van der Waals surface area contributed by atoms with E-state index in [1.54, 1.807) is 11.4 Å². The van der Waals surface area contributed by atoms with Gasteiger partial charge >= 0.3 is 0 Å². The highest BCUT2D eigenvalue weighted by molar-refractivity contribution is 6.02. The molecule has 1 saturated heterocycles. The Balaban J connectivity index is 1.27. The lowest BCUT2D eigenvalue weighted by Gasteiger charge is -2.39. The molecule has 0 amide bonds. The summed E-state index contributed by atoms with van der Waals surface area (Å²) in [5, 5.41) is 15.9. The van der Waals surface area contributed by atoms with Crippen molar-refractivity contribution in [1.29, 1.82) is 0 Å². The molecule has 2 N–H and O–H groups in total. The normalized spacial score (nSPS) is 25.5. The van der Waals surface area contributed by atoms with Crippen LogP contribution in [-0.4, -0.2) is 56.8 Å². The van der Waals surface area contributed by atoms with Gasteiger partial charge in [-0.2, -0.15) is 0 Å². The number of aliphatic hydroxyl groups is 1. The molecule has 0 spiro atoms. The predicted molar refractivity (Wildman–Crippen MR) is 150 cm³/mol. The maximum atomic E-state index is 10.9. The minimum atomic E-state index is -1.57. The first kappa shape index (κ1) is 25.9. The van der Waals surface area contributed by atoms with Crippen LogP contribution in [0.5, 0.6) is 0 Å². The number of aromatic nitrogens is 2. The molecule has 41 heavy (non-hydrogen) atoms. The van der Waals surface area contributed by atoms with E-state index in [0.29, 0.717) is 24.7 Å². The van der Waals surface area contributed by atoms with Crippen molar-refractivity contribution in [3.63, 3.8) is 0 Å². The number of anilines is 1. The monoisotopic (exact) mass is 553 g/mol. The quantitative estimate of drug-likeness (QED) is 0.322. The second kappa shape index (κ2) is 11.1. The summed E-state index contributed by atoms with van der Waals surface area (Å²) in [5.41, 5.74) is 3.69. The molecule has 4 atom stereocenters. The van der Waals surface area contributed by atoms with Crippen LogP contribution in [0, 0.1) is 0 Å². The summed E-state index contributed by atoms with van der Waals surface area (Å²) in [6.45, 7) is 0.871. The standard InChI is InChI=1S/C31H31N5O5/c37-19-31-27(39-18-24-14-8-3-9-15-24)26(38-17-23-12-6-2-7-13-23)30(40-31)35-20-33-25-28(35)34-21-36(41-31)29(25)32-16-22-10-4-1-5-11-22/h1-15,20,26-27,30,34,37H,16-19,21H2/t26-,27+,30-,31+/m1/s1. The second-order valence-corrected chi connectivity index (χ2v) is 10.2. The molecule has 3 aliphatic rings. The van der Waals surface area contributed by atoms with Gasteiger partial charge in [0.15, 0.2) is 12.1 Å². The summed E-state index contributed by atoms with van der Waals surface area (Å²) >= 11 is 0. The SMILES string of the molecule is OC[C@@]12O[C@H]([C@H](OCc3ccccc3)[C@@H]1OCc1ccccc1)n1cnc3c1NCN(O2)C3=NCc1ccccc1.